The van der Waals surface area contributed by atoms with E-state index in [9.17, 15) is 24.3 Å². The number of carboxylic acids is 1. The molecule has 172 valence electrons. The van der Waals surface area contributed by atoms with Crippen LogP contribution in [0.3, 0.4) is 0 Å². The first-order valence-electron chi connectivity index (χ1n) is 10.6. The van der Waals surface area contributed by atoms with E-state index >= 15 is 0 Å². The maximum atomic E-state index is 13.1. The van der Waals surface area contributed by atoms with Crippen LogP contribution >= 0.6 is 0 Å². The second-order valence-electron chi connectivity index (χ2n) is 8.40. The van der Waals surface area contributed by atoms with Gasteiger partial charge in [0.15, 0.2) is 0 Å². The maximum Gasteiger partial charge on any atom is 0.336 e. The topological polar surface area (TPSA) is 126 Å². The molecule has 2 atom stereocenters. The Morgan fingerprint density at radius 2 is 2.03 bits per heavy atom. The number of fused-ring (bicyclic) bond motifs is 1. The van der Waals surface area contributed by atoms with E-state index in [0.717, 1.165) is 0 Å². The smallest absolute Gasteiger partial charge is 0.336 e. The second-order valence-corrected chi connectivity index (χ2v) is 8.40. The van der Waals surface area contributed by atoms with Crippen LogP contribution in [0.5, 0.6) is 5.75 Å². The van der Waals surface area contributed by atoms with Gasteiger partial charge in [-0.05, 0) is 42.9 Å². The number of hydrogen-bond acceptors (Lipinski definition) is 6. The minimum atomic E-state index is -1.10. The van der Waals surface area contributed by atoms with Crippen LogP contribution in [0.4, 0.5) is 0 Å². The Morgan fingerprint density at radius 1 is 1.28 bits per heavy atom. The van der Waals surface area contributed by atoms with Crippen molar-refractivity contribution in [3.8, 4) is 5.75 Å². The van der Waals surface area contributed by atoms with Crippen molar-refractivity contribution in [2.24, 2.45) is 5.92 Å². The van der Waals surface area contributed by atoms with Gasteiger partial charge in [-0.25, -0.2) is 9.59 Å². The van der Waals surface area contributed by atoms with Crippen LogP contribution in [-0.2, 0) is 20.8 Å². The second kappa shape index (κ2) is 9.84. The van der Waals surface area contributed by atoms with Gasteiger partial charge in [0.25, 0.3) is 0 Å². The molecule has 0 aliphatic carbocycles. The normalized spacial score (nSPS) is 16.9. The molecule has 2 aromatic rings. The van der Waals surface area contributed by atoms with Crippen LogP contribution in [0.2, 0.25) is 0 Å². The predicted octanol–water partition coefficient (Wildman–Crippen LogP) is 1.95. The number of likely N-dealkylation sites (tertiary alicyclic amines) is 1. The van der Waals surface area contributed by atoms with E-state index in [2.05, 4.69) is 5.32 Å². The quantitative estimate of drug-likeness (QED) is 0.596. The lowest BCUT2D eigenvalue weighted by Crippen LogP contribution is -2.51. The Kier molecular flexibility index (Phi) is 7.17. The number of carboxylic acid groups (broad SMARTS) is 1. The number of carbonyl (C=O) groups is 3. The Morgan fingerprint density at radius 3 is 2.69 bits per heavy atom. The zero-order valence-corrected chi connectivity index (χ0v) is 18.4. The van der Waals surface area contributed by atoms with Crippen LogP contribution in [0.25, 0.3) is 11.0 Å². The van der Waals surface area contributed by atoms with Crippen molar-refractivity contribution < 1.29 is 28.6 Å². The van der Waals surface area contributed by atoms with E-state index in [0.29, 0.717) is 48.1 Å². The fourth-order valence-electron chi connectivity index (χ4n) is 4.05. The fraction of sp³-hybridized carbons (Fsp3) is 0.478. The molecular formula is C23H28N2O7. The van der Waals surface area contributed by atoms with E-state index < -0.39 is 29.6 Å². The molecule has 2 amide bonds. The number of ether oxygens (including phenoxy) is 1. The number of methoxy groups -OCH3 is 1. The molecule has 1 saturated heterocycles. The summed E-state index contributed by atoms with van der Waals surface area (Å²) < 4.78 is 10.4. The molecule has 1 fully saturated rings. The summed E-state index contributed by atoms with van der Waals surface area (Å²) in [5, 5.41) is 12.6. The number of rotatable bonds is 8. The lowest BCUT2D eigenvalue weighted by atomic mass is 10.0. The number of carbonyl (C=O) groups excluding carboxylic acids is 2. The summed E-state index contributed by atoms with van der Waals surface area (Å²) in [5.74, 6) is -1.25. The Hall–Kier alpha value is -3.36. The number of benzene rings is 1. The van der Waals surface area contributed by atoms with E-state index in [4.69, 9.17) is 9.15 Å². The molecule has 2 heterocycles. The first-order chi connectivity index (χ1) is 15.2. The monoisotopic (exact) mass is 444 g/mol. The third kappa shape index (κ3) is 5.27. The zero-order chi connectivity index (χ0) is 23.4. The van der Waals surface area contributed by atoms with Crippen molar-refractivity contribution in [1.82, 2.24) is 10.2 Å². The van der Waals surface area contributed by atoms with Gasteiger partial charge >= 0.3 is 11.6 Å². The van der Waals surface area contributed by atoms with E-state index in [1.165, 1.54) is 18.1 Å². The molecular weight excluding hydrogens is 416 g/mol. The lowest BCUT2D eigenvalue weighted by molar-refractivity contribution is -0.144. The van der Waals surface area contributed by atoms with Crippen LogP contribution in [0, 0.1) is 5.92 Å². The molecule has 9 heteroatoms. The van der Waals surface area contributed by atoms with E-state index in [-0.39, 0.29) is 18.2 Å². The van der Waals surface area contributed by atoms with Crippen LogP contribution in [0.1, 0.15) is 38.7 Å². The molecule has 32 heavy (non-hydrogen) atoms. The van der Waals surface area contributed by atoms with E-state index in [1.54, 1.807) is 18.2 Å². The van der Waals surface area contributed by atoms with Crippen molar-refractivity contribution in [2.45, 2.75) is 51.6 Å². The molecule has 1 aromatic heterocycles. The Bertz CT molecular complexity index is 1080. The average molecular weight is 444 g/mol. The number of nitrogens with zero attached hydrogens (tertiary/aromatic N) is 1. The minimum absolute atomic E-state index is 0.0768. The van der Waals surface area contributed by atoms with Crippen molar-refractivity contribution in [3.05, 3.63) is 40.2 Å². The zero-order valence-electron chi connectivity index (χ0n) is 18.4. The summed E-state index contributed by atoms with van der Waals surface area (Å²) in [6.45, 7) is 4.15. The first-order valence-corrected chi connectivity index (χ1v) is 10.6. The SMILES string of the molecule is COc1ccc2c(CC(=O)N3CCCC3C(=O)NC(CC(C)C)C(=O)O)cc(=O)oc2c1. The summed E-state index contributed by atoms with van der Waals surface area (Å²) in [6.07, 6.45) is 1.32. The number of hydrogen-bond donors (Lipinski definition) is 2. The van der Waals surface area contributed by atoms with Gasteiger partial charge in [-0.2, -0.15) is 0 Å². The van der Waals surface area contributed by atoms with Crippen molar-refractivity contribution in [3.63, 3.8) is 0 Å². The third-order valence-corrected chi connectivity index (χ3v) is 5.58. The molecule has 1 aromatic carbocycles. The summed E-state index contributed by atoms with van der Waals surface area (Å²) in [4.78, 5) is 50.8. The van der Waals surface area contributed by atoms with Crippen LogP contribution in [-0.4, -0.2) is 53.5 Å². The van der Waals surface area contributed by atoms with Gasteiger partial charge in [-0.15, -0.1) is 0 Å². The molecule has 0 saturated carbocycles. The van der Waals surface area contributed by atoms with Gasteiger partial charge in [0.05, 0.1) is 13.5 Å². The van der Waals surface area contributed by atoms with Crippen molar-refractivity contribution in [2.75, 3.05) is 13.7 Å². The lowest BCUT2D eigenvalue weighted by Gasteiger charge is -2.26. The van der Waals surface area contributed by atoms with Gasteiger partial charge in [-0.1, -0.05) is 13.8 Å². The maximum absolute atomic E-state index is 13.1. The predicted molar refractivity (Wildman–Crippen MR) is 116 cm³/mol. The molecule has 0 bridgehead atoms. The number of nitrogens with one attached hydrogen (secondary N) is 1. The van der Waals surface area contributed by atoms with Crippen molar-refractivity contribution in [1.29, 1.82) is 0 Å². The fourth-order valence-corrected chi connectivity index (χ4v) is 4.05. The highest BCUT2D eigenvalue weighted by Gasteiger charge is 2.36. The average Bonchev–Trinajstić information content (AvgIpc) is 3.22. The summed E-state index contributed by atoms with van der Waals surface area (Å²) in [5.41, 5.74) is 0.230. The van der Waals surface area contributed by atoms with Crippen LogP contribution < -0.4 is 15.7 Å². The highest BCUT2D eigenvalue weighted by Crippen LogP contribution is 2.25. The molecule has 9 nitrogen and oxygen atoms in total. The minimum Gasteiger partial charge on any atom is -0.497 e. The molecule has 0 radical (unpaired) electrons. The Labute approximate surface area is 185 Å². The van der Waals surface area contributed by atoms with Gasteiger partial charge in [0, 0.05) is 24.1 Å². The summed E-state index contributed by atoms with van der Waals surface area (Å²) >= 11 is 0. The summed E-state index contributed by atoms with van der Waals surface area (Å²) in [6, 6.07) is 4.56. The van der Waals surface area contributed by atoms with Gasteiger partial charge in [0.1, 0.15) is 23.4 Å². The molecule has 2 unspecified atom stereocenters. The van der Waals surface area contributed by atoms with Gasteiger partial charge in [0.2, 0.25) is 11.8 Å². The van der Waals surface area contributed by atoms with Gasteiger partial charge < -0.3 is 24.5 Å². The summed E-state index contributed by atoms with van der Waals surface area (Å²) in [7, 11) is 1.50. The van der Waals surface area contributed by atoms with Gasteiger partial charge in [-0.3, -0.25) is 9.59 Å². The standard InChI is InChI=1S/C23H28N2O7/c1-13(2)9-17(23(29)30)24-22(28)18-5-4-8-25(18)20(26)10-14-11-21(27)32-19-12-15(31-3)6-7-16(14)19/h6-7,11-13,17-18H,4-5,8-10H2,1-3H3,(H,24,28)(H,29,30). The largest absolute Gasteiger partial charge is 0.497 e. The first kappa shape index (κ1) is 23.3. The molecule has 0 spiro atoms. The molecule has 2 N–H and O–H groups in total. The molecule has 1 aliphatic heterocycles. The number of amides is 2. The number of aliphatic carboxylic acids is 1. The van der Waals surface area contributed by atoms with Crippen molar-refractivity contribution >= 4 is 28.8 Å². The Balaban J connectivity index is 1.78. The molecule has 3 rings (SSSR count). The molecule has 1 aliphatic rings. The van der Waals surface area contributed by atoms with E-state index in [1.807, 2.05) is 13.8 Å². The third-order valence-electron chi connectivity index (χ3n) is 5.58. The highest BCUT2D eigenvalue weighted by atomic mass is 16.5. The highest BCUT2D eigenvalue weighted by molar-refractivity contribution is 5.93. The van der Waals surface area contributed by atoms with Crippen LogP contribution in [0.15, 0.2) is 33.5 Å².